The molecular formula is C14H29Cl2N3O2. The van der Waals surface area contributed by atoms with Gasteiger partial charge in [0.25, 0.3) is 0 Å². The van der Waals surface area contributed by atoms with Crippen LogP contribution in [0.15, 0.2) is 0 Å². The molecule has 2 saturated heterocycles. The molecule has 0 bridgehead atoms. The number of likely N-dealkylation sites (tertiary alicyclic amines) is 1. The van der Waals surface area contributed by atoms with E-state index < -0.39 is 0 Å². The van der Waals surface area contributed by atoms with Gasteiger partial charge in [-0.05, 0) is 44.8 Å². The van der Waals surface area contributed by atoms with Crippen LogP contribution in [0.2, 0.25) is 0 Å². The number of amides is 1. The van der Waals surface area contributed by atoms with Gasteiger partial charge in [-0.3, -0.25) is 4.79 Å². The molecule has 2 fully saturated rings. The third kappa shape index (κ3) is 7.66. The van der Waals surface area contributed by atoms with Crippen LogP contribution in [0.5, 0.6) is 0 Å². The van der Waals surface area contributed by atoms with E-state index in [-0.39, 0.29) is 36.8 Å². The van der Waals surface area contributed by atoms with Crippen LogP contribution in [0, 0.1) is 5.92 Å². The van der Waals surface area contributed by atoms with E-state index in [2.05, 4.69) is 22.5 Å². The van der Waals surface area contributed by atoms with Gasteiger partial charge in [0.1, 0.15) is 6.10 Å². The number of hydrogen-bond donors (Lipinski definition) is 2. The summed E-state index contributed by atoms with van der Waals surface area (Å²) in [6.07, 6.45) is 3.35. The summed E-state index contributed by atoms with van der Waals surface area (Å²) in [5, 5.41) is 6.14. The first kappa shape index (κ1) is 20.9. The summed E-state index contributed by atoms with van der Waals surface area (Å²) in [6, 6.07) is 0. The molecule has 2 aliphatic rings. The van der Waals surface area contributed by atoms with Gasteiger partial charge in [-0.15, -0.1) is 24.8 Å². The number of ether oxygens (including phenoxy) is 1. The van der Waals surface area contributed by atoms with Crippen LogP contribution in [0.1, 0.15) is 26.2 Å². The molecule has 0 saturated carbocycles. The van der Waals surface area contributed by atoms with Crippen molar-refractivity contribution in [2.24, 2.45) is 5.92 Å². The largest absolute Gasteiger partial charge is 0.366 e. The lowest BCUT2D eigenvalue weighted by Gasteiger charge is -2.30. The summed E-state index contributed by atoms with van der Waals surface area (Å²) >= 11 is 0. The maximum absolute atomic E-state index is 11.8. The lowest BCUT2D eigenvalue weighted by molar-refractivity contribution is -0.134. The maximum Gasteiger partial charge on any atom is 0.250 e. The van der Waals surface area contributed by atoms with Crippen molar-refractivity contribution in [1.82, 2.24) is 15.5 Å². The molecule has 0 aromatic heterocycles. The third-order valence-corrected chi connectivity index (χ3v) is 4.05. The highest BCUT2D eigenvalue weighted by atomic mass is 35.5. The smallest absolute Gasteiger partial charge is 0.250 e. The summed E-state index contributed by atoms with van der Waals surface area (Å²) in [5.41, 5.74) is 0. The molecule has 1 atom stereocenters. The Morgan fingerprint density at radius 3 is 2.67 bits per heavy atom. The van der Waals surface area contributed by atoms with Crippen LogP contribution in [-0.4, -0.2) is 62.8 Å². The zero-order valence-corrected chi connectivity index (χ0v) is 14.4. The van der Waals surface area contributed by atoms with Crippen molar-refractivity contribution in [2.75, 3.05) is 45.9 Å². The Labute approximate surface area is 140 Å². The molecule has 5 nitrogen and oxygen atoms in total. The normalized spacial score (nSPS) is 23.8. The van der Waals surface area contributed by atoms with E-state index in [0.717, 1.165) is 32.0 Å². The van der Waals surface area contributed by atoms with Gasteiger partial charge in [-0.2, -0.15) is 0 Å². The standard InChI is InChI=1S/C14H27N3O2.2ClH/c1-12-3-8-17(9-4-12)7-2-5-16-14(18)13-11-15-6-10-19-13;;/h12-13,15H,2-11H2,1H3,(H,16,18);2*1H. The topological polar surface area (TPSA) is 53.6 Å². The fourth-order valence-electron chi connectivity index (χ4n) is 2.65. The number of halogens is 2. The van der Waals surface area contributed by atoms with Crippen molar-refractivity contribution in [1.29, 1.82) is 0 Å². The second-order valence-corrected chi connectivity index (χ2v) is 5.73. The van der Waals surface area contributed by atoms with Crippen molar-refractivity contribution in [3.63, 3.8) is 0 Å². The molecule has 2 N–H and O–H groups in total. The van der Waals surface area contributed by atoms with E-state index in [1.54, 1.807) is 0 Å². The Bertz CT molecular complexity index is 281. The van der Waals surface area contributed by atoms with Crippen LogP contribution < -0.4 is 10.6 Å². The molecule has 0 aliphatic carbocycles. The Kier molecular flexibility index (Phi) is 11.5. The van der Waals surface area contributed by atoms with Crippen LogP contribution >= 0.6 is 24.8 Å². The second-order valence-electron chi connectivity index (χ2n) is 5.73. The number of rotatable bonds is 5. The minimum absolute atomic E-state index is 0. The Morgan fingerprint density at radius 2 is 2.05 bits per heavy atom. The molecule has 126 valence electrons. The quantitative estimate of drug-likeness (QED) is 0.734. The first-order valence-electron chi connectivity index (χ1n) is 7.58. The van der Waals surface area contributed by atoms with Gasteiger partial charge in [0.15, 0.2) is 0 Å². The molecule has 21 heavy (non-hydrogen) atoms. The lowest BCUT2D eigenvalue weighted by atomic mass is 9.99. The average Bonchev–Trinajstić information content (AvgIpc) is 2.46. The van der Waals surface area contributed by atoms with Gasteiger partial charge in [0, 0.05) is 19.6 Å². The van der Waals surface area contributed by atoms with Crippen molar-refractivity contribution in [3.05, 3.63) is 0 Å². The van der Waals surface area contributed by atoms with E-state index in [1.807, 2.05) is 0 Å². The van der Waals surface area contributed by atoms with Crippen LogP contribution in [0.3, 0.4) is 0 Å². The van der Waals surface area contributed by atoms with E-state index in [1.165, 1.54) is 25.9 Å². The van der Waals surface area contributed by atoms with Gasteiger partial charge < -0.3 is 20.3 Å². The fourth-order valence-corrected chi connectivity index (χ4v) is 2.65. The highest BCUT2D eigenvalue weighted by Crippen LogP contribution is 2.15. The average molecular weight is 342 g/mol. The molecule has 0 aromatic carbocycles. The lowest BCUT2D eigenvalue weighted by Crippen LogP contribution is -2.48. The number of nitrogens with one attached hydrogen (secondary N) is 2. The summed E-state index contributed by atoms with van der Waals surface area (Å²) in [6.45, 7) is 8.71. The van der Waals surface area contributed by atoms with E-state index in [0.29, 0.717) is 13.2 Å². The highest BCUT2D eigenvalue weighted by molar-refractivity contribution is 5.85. The fraction of sp³-hybridized carbons (Fsp3) is 0.929. The molecule has 2 heterocycles. The van der Waals surface area contributed by atoms with Crippen molar-refractivity contribution in [3.8, 4) is 0 Å². The van der Waals surface area contributed by atoms with Crippen LogP contribution in [0.25, 0.3) is 0 Å². The first-order chi connectivity index (χ1) is 9.25. The monoisotopic (exact) mass is 341 g/mol. The third-order valence-electron chi connectivity index (χ3n) is 4.05. The zero-order valence-electron chi connectivity index (χ0n) is 12.8. The number of carbonyl (C=O) groups excluding carboxylic acids is 1. The van der Waals surface area contributed by atoms with Gasteiger partial charge >= 0.3 is 0 Å². The molecule has 1 unspecified atom stereocenters. The molecular weight excluding hydrogens is 313 g/mol. The van der Waals surface area contributed by atoms with Gasteiger partial charge in [-0.1, -0.05) is 6.92 Å². The number of morpholine rings is 1. The summed E-state index contributed by atoms with van der Waals surface area (Å²) in [5.74, 6) is 0.909. The molecule has 1 amide bonds. The van der Waals surface area contributed by atoms with Gasteiger partial charge in [0.05, 0.1) is 6.61 Å². The summed E-state index contributed by atoms with van der Waals surface area (Å²) in [4.78, 5) is 14.3. The molecule has 0 aromatic rings. The molecule has 2 aliphatic heterocycles. The number of hydrogen-bond acceptors (Lipinski definition) is 4. The van der Waals surface area contributed by atoms with Crippen molar-refractivity contribution < 1.29 is 9.53 Å². The Hall–Kier alpha value is -0.0700. The summed E-state index contributed by atoms with van der Waals surface area (Å²) < 4.78 is 5.41. The van der Waals surface area contributed by atoms with E-state index >= 15 is 0 Å². The Morgan fingerprint density at radius 1 is 1.33 bits per heavy atom. The van der Waals surface area contributed by atoms with Gasteiger partial charge in [0.2, 0.25) is 5.91 Å². The molecule has 0 radical (unpaired) electrons. The van der Waals surface area contributed by atoms with E-state index in [9.17, 15) is 4.79 Å². The maximum atomic E-state index is 11.8. The van der Waals surface area contributed by atoms with Crippen molar-refractivity contribution >= 4 is 30.7 Å². The van der Waals surface area contributed by atoms with Crippen LogP contribution in [0.4, 0.5) is 0 Å². The predicted molar refractivity (Wildman–Crippen MR) is 89.6 cm³/mol. The highest BCUT2D eigenvalue weighted by Gasteiger charge is 2.21. The molecule has 7 heteroatoms. The number of piperidine rings is 1. The minimum atomic E-state index is -0.301. The molecule has 2 rings (SSSR count). The SMILES string of the molecule is CC1CCN(CCCNC(=O)C2CNCCO2)CC1.Cl.Cl. The van der Waals surface area contributed by atoms with Crippen molar-refractivity contribution in [2.45, 2.75) is 32.3 Å². The van der Waals surface area contributed by atoms with E-state index in [4.69, 9.17) is 4.74 Å². The second kappa shape index (κ2) is 11.5. The predicted octanol–water partition coefficient (Wildman–Crippen LogP) is 1.06. The first-order valence-corrected chi connectivity index (χ1v) is 7.58. The van der Waals surface area contributed by atoms with Crippen LogP contribution in [-0.2, 0) is 9.53 Å². The van der Waals surface area contributed by atoms with Gasteiger partial charge in [-0.25, -0.2) is 0 Å². The molecule has 0 spiro atoms. The summed E-state index contributed by atoms with van der Waals surface area (Å²) in [7, 11) is 0. The number of nitrogens with zero attached hydrogens (tertiary/aromatic N) is 1. The zero-order chi connectivity index (χ0) is 13.5. The minimum Gasteiger partial charge on any atom is -0.366 e. The number of carbonyl (C=O) groups is 1. The Balaban J connectivity index is 0.00000200.